The Morgan fingerprint density at radius 3 is 0.826 bits per heavy atom. The van der Waals surface area contributed by atoms with Crippen molar-refractivity contribution in [3.8, 4) is 0 Å². The highest BCUT2D eigenvalue weighted by atomic mass is 16.3. The van der Waals surface area contributed by atoms with Gasteiger partial charge >= 0.3 is 0 Å². The molecule has 0 spiro atoms. The highest BCUT2D eigenvalue weighted by Gasteiger charge is 1.93. The Bertz CT molecular complexity index is 165. The van der Waals surface area contributed by atoms with Crippen LogP contribution in [0.4, 0.5) is 0 Å². The zero-order valence-electron chi connectivity index (χ0n) is 16.2. The molecule has 0 aliphatic heterocycles. The second-order valence-corrected chi connectivity index (χ2v) is 6.06. The van der Waals surface area contributed by atoms with E-state index in [1.54, 1.807) is 0 Å². The van der Waals surface area contributed by atoms with Crippen LogP contribution in [0.15, 0.2) is 13.2 Å². The SMILES string of the molecule is C=C.CCCCCCCCCCCCCCCCCC.O=CO. The van der Waals surface area contributed by atoms with Gasteiger partial charge in [-0.25, -0.2) is 0 Å². The molecule has 0 aliphatic rings. The highest BCUT2D eigenvalue weighted by Crippen LogP contribution is 2.13. The quantitative estimate of drug-likeness (QED) is 0.189. The fraction of sp³-hybridized carbons (Fsp3) is 0.857. The van der Waals surface area contributed by atoms with Gasteiger partial charge in [-0.15, -0.1) is 13.2 Å². The normalized spacial score (nSPS) is 9.30. The predicted molar refractivity (Wildman–Crippen MR) is 105 cm³/mol. The molecule has 0 saturated carbocycles. The van der Waals surface area contributed by atoms with Crippen molar-refractivity contribution in [1.29, 1.82) is 0 Å². The third kappa shape index (κ3) is 38.8. The molecule has 0 radical (unpaired) electrons. The van der Waals surface area contributed by atoms with Gasteiger partial charge in [0.15, 0.2) is 0 Å². The van der Waals surface area contributed by atoms with Crippen LogP contribution in [0.25, 0.3) is 0 Å². The Morgan fingerprint density at radius 1 is 0.565 bits per heavy atom. The zero-order chi connectivity index (χ0) is 18.0. The number of hydrogen-bond acceptors (Lipinski definition) is 1. The molecule has 0 rings (SSSR count). The van der Waals surface area contributed by atoms with E-state index in [4.69, 9.17) is 9.90 Å². The summed E-state index contributed by atoms with van der Waals surface area (Å²) in [4.78, 5) is 8.36. The molecule has 0 heterocycles. The molecule has 0 fully saturated rings. The van der Waals surface area contributed by atoms with Gasteiger partial charge in [0.2, 0.25) is 0 Å². The topological polar surface area (TPSA) is 37.3 Å². The van der Waals surface area contributed by atoms with E-state index < -0.39 is 0 Å². The van der Waals surface area contributed by atoms with Crippen molar-refractivity contribution in [2.24, 2.45) is 0 Å². The average Bonchev–Trinajstić information content (AvgIpc) is 2.58. The molecule has 0 atom stereocenters. The average molecular weight is 329 g/mol. The Balaban J connectivity index is -0.000000710. The van der Waals surface area contributed by atoms with Crippen LogP contribution in [0, 0.1) is 0 Å². The molecular weight excluding hydrogens is 284 g/mol. The molecule has 0 aromatic rings. The van der Waals surface area contributed by atoms with E-state index in [0.29, 0.717) is 0 Å². The molecule has 0 bridgehead atoms. The van der Waals surface area contributed by atoms with Crippen molar-refractivity contribution in [2.75, 3.05) is 0 Å². The lowest BCUT2D eigenvalue weighted by molar-refractivity contribution is -0.122. The summed E-state index contributed by atoms with van der Waals surface area (Å²) in [5, 5.41) is 6.89. The minimum atomic E-state index is -0.250. The van der Waals surface area contributed by atoms with Crippen molar-refractivity contribution in [3.63, 3.8) is 0 Å². The predicted octanol–water partition coefficient (Wildman–Crippen LogP) is 7.77. The van der Waals surface area contributed by atoms with E-state index in [1.807, 2.05) is 0 Å². The standard InChI is InChI=1S/C18H38.C2H4.CH2O2/c1-3-5-7-9-11-13-15-17-18-16-14-12-10-8-6-4-2;1-2;2-1-3/h3-18H2,1-2H3;1-2H2;1H,(H,2,3). The first-order chi connectivity index (χ1) is 11.3. The van der Waals surface area contributed by atoms with Crippen LogP contribution in [-0.2, 0) is 4.79 Å². The maximum Gasteiger partial charge on any atom is 0.290 e. The van der Waals surface area contributed by atoms with Gasteiger partial charge in [-0.2, -0.15) is 0 Å². The third-order valence-electron chi connectivity index (χ3n) is 3.96. The molecule has 0 aliphatic carbocycles. The summed E-state index contributed by atoms with van der Waals surface area (Å²) in [7, 11) is 0. The summed E-state index contributed by atoms with van der Waals surface area (Å²) < 4.78 is 0. The lowest BCUT2D eigenvalue weighted by atomic mass is 10.0. The summed E-state index contributed by atoms with van der Waals surface area (Å²) in [5.74, 6) is 0. The largest absolute Gasteiger partial charge is 0.483 e. The monoisotopic (exact) mass is 328 g/mol. The van der Waals surface area contributed by atoms with E-state index in [1.165, 1.54) is 103 Å². The Kier molecular flexibility index (Phi) is 38.8. The summed E-state index contributed by atoms with van der Waals surface area (Å²) >= 11 is 0. The van der Waals surface area contributed by atoms with Gasteiger partial charge in [-0.1, -0.05) is 117 Å². The van der Waals surface area contributed by atoms with Gasteiger partial charge in [0.05, 0.1) is 0 Å². The van der Waals surface area contributed by atoms with E-state index in [-0.39, 0.29) is 6.47 Å². The first-order valence-corrected chi connectivity index (χ1v) is 9.91. The summed E-state index contributed by atoms with van der Waals surface area (Å²) in [5.41, 5.74) is 0. The number of carboxylic acid groups (broad SMARTS) is 1. The molecule has 0 aromatic heterocycles. The van der Waals surface area contributed by atoms with Gasteiger partial charge in [0.25, 0.3) is 6.47 Å². The molecule has 1 N–H and O–H groups in total. The Hall–Kier alpha value is -0.790. The van der Waals surface area contributed by atoms with Gasteiger partial charge in [0, 0.05) is 0 Å². The molecule has 0 amide bonds. The summed E-state index contributed by atoms with van der Waals surface area (Å²) in [6.45, 7) is 10.3. The number of rotatable bonds is 15. The second kappa shape index (κ2) is 33.0. The van der Waals surface area contributed by atoms with Crippen LogP contribution >= 0.6 is 0 Å². The lowest BCUT2D eigenvalue weighted by Crippen LogP contribution is -1.83. The Labute approximate surface area is 146 Å². The van der Waals surface area contributed by atoms with Crippen molar-refractivity contribution in [2.45, 2.75) is 117 Å². The molecule has 0 saturated heterocycles. The zero-order valence-corrected chi connectivity index (χ0v) is 16.2. The molecule has 140 valence electrons. The van der Waals surface area contributed by atoms with Gasteiger partial charge in [0.1, 0.15) is 0 Å². The van der Waals surface area contributed by atoms with Crippen LogP contribution in [0.3, 0.4) is 0 Å². The van der Waals surface area contributed by atoms with Crippen LogP contribution < -0.4 is 0 Å². The van der Waals surface area contributed by atoms with Crippen molar-refractivity contribution in [1.82, 2.24) is 0 Å². The molecule has 2 heteroatoms. The first kappa shape index (κ1) is 27.1. The lowest BCUT2D eigenvalue weighted by Gasteiger charge is -2.03. The van der Waals surface area contributed by atoms with Crippen LogP contribution in [0.5, 0.6) is 0 Å². The fourth-order valence-corrected chi connectivity index (χ4v) is 2.62. The molecule has 23 heavy (non-hydrogen) atoms. The van der Waals surface area contributed by atoms with Crippen molar-refractivity contribution < 1.29 is 9.90 Å². The summed E-state index contributed by atoms with van der Waals surface area (Å²) in [6, 6.07) is 0. The second-order valence-electron chi connectivity index (χ2n) is 6.06. The number of hydrogen-bond donors (Lipinski definition) is 1. The van der Waals surface area contributed by atoms with E-state index in [0.717, 1.165) is 0 Å². The minimum Gasteiger partial charge on any atom is -0.483 e. The van der Waals surface area contributed by atoms with Crippen molar-refractivity contribution in [3.05, 3.63) is 13.2 Å². The maximum absolute atomic E-state index is 8.36. The van der Waals surface area contributed by atoms with Crippen LogP contribution in [-0.4, -0.2) is 11.6 Å². The smallest absolute Gasteiger partial charge is 0.290 e. The highest BCUT2D eigenvalue weighted by molar-refractivity contribution is 5.32. The van der Waals surface area contributed by atoms with E-state index >= 15 is 0 Å². The number of carbonyl (C=O) groups is 1. The molecular formula is C21H44O2. The molecule has 2 nitrogen and oxygen atoms in total. The fourth-order valence-electron chi connectivity index (χ4n) is 2.62. The van der Waals surface area contributed by atoms with E-state index in [9.17, 15) is 0 Å². The van der Waals surface area contributed by atoms with Crippen LogP contribution in [0.1, 0.15) is 117 Å². The maximum atomic E-state index is 8.36. The van der Waals surface area contributed by atoms with Gasteiger partial charge in [-0.3, -0.25) is 4.79 Å². The minimum absolute atomic E-state index is 0.250. The Morgan fingerprint density at radius 2 is 0.696 bits per heavy atom. The summed E-state index contributed by atoms with van der Waals surface area (Å²) in [6.07, 6.45) is 23.4. The van der Waals surface area contributed by atoms with E-state index in [2.05, 4.69) is 27.0 Å². The van der Waals surface area contributed by atoms with Crippen molar-refractivity contribution >= 4 is 6.47 Å². The molecule has 0 unspecified atom stereocenters. The third-order valence-corrected chi connectivity index (χ3v) is 3.96. The van der Waals surface area contributed by atoms with Gasteiger partial charge in [-0.05, 0) is 0 Å². The molecule has 0 aromatic carbocycles. The van der Waals surface area contributed by atoms with Crippen LogP contribution in [0.2, 0.25) is 0 Å². The first-order valence-electron chi connectivity index (χ1n) is 9.91. The van der Waals surface area contributed by atoms with Gasteiger partial charge < -0.3 is 5.11 Å². The number of unbranched alkanes of at least 4 members (excludes halogenated alkanes) is 15.